The third-order valence-corrected chi connectivity index (χ3v) is 3.80. The number of alkyl halides is 1. The van der Waals surface area contributed by atoms with Crippen molar-refractivity contribution in [3.05, 3.63) is 0 Å². The van der Waals surface area contributed by atoms with Gasteiger partial charge in [-0.15, -0.1) is 0 Å². The molecule has 0 atom stereocenters. The van der Waals surface area contributed by atoms with Gasteiger partial charge in [0.05, 0.1) is 46.2 Å². The molecule has 0 rings (SSSR count). The summed E-state index contributed by atoms with van der Waals surface area (Å²) in [6, 6.07) is 0. The first-order valence-electron chi connectivity index (χ1n) is 9.28. The van der Waals surface area contributed by atoms with Gasteiger partial charge in [0.15, 0.2) is 0 Å². The van der Waals surface area contributed by atoms with Crippen molar-refractivity contribution in [3.8, 4) is 0 Å². The standard InChI is InChI=1S/C18H37BrO4/c1-2-3-4-5-6-7-8-9-11-20-13-15-22-17-18-23-16-14-21-12-10-19/h2-18H2,1H3. The van der Waals surface area contributed by atoms with E-state index in [4.69, 9.17) is 18.9 Å². The Kier molecular flexibility index (Phi) is 22.6. The number of hydrogen-bond acceptors (Lipinski definition) is 4. The minimum atomic E-state index is 0.621. The van der Waals surface area contributed by atoms with Gasteiger partial charge >= 0.3 is 0 Å². The molecule has 0 saturated carbocycles. The van der Waals surface area contributed by atoms with E-state index in [-0.39, 0.29) is 0 Å². The summed E-state index contributed by atoms with van der Waals surface area (Å²) in [4.78, 5) is 0. The zero-order valence-corrected chi connectivity index (χ0v) is 16.6. The van der Waals surface area contributed by atoms with Crippen LogP contribution in [0.15, 0.2) is 0 Å². The second-order valence-electron chi connectivity index (χ2n) is 5.61. The smallest absolute Gasteiger partial charge is 0.0701 e. The van der Waals surface area contributed by atoms with Crippen LogP contribution in [0.2, 0.25) is 0 Å². The molecule has 0 aromatic heterocycles. The third kappa shape index (κ3) is 22.3. The number of halogens is 1. The summed E-state index contributed by atoms with van der Waals surface area (Å²) in [5, 5.41) is 0.870. The first-order valence-corrected chi connectivity index (χ1v) is 10.4. The average molecular weight is 397 g/mol. The highest BCUT2D eigenvalue weighted by atomic mass is 79.9. The van der Waals surface area contributed by atoms with Gasteiger partial charge in [-0.25, -0.2) is 0 Å². The number of ether oxygens (including phenoxy) is 4. The van der Waals surface area contributed by atoms with Crippen molar-refractivity contribution in [2.75, 3.05) is 58.2 Å². The molecule has 0 bridgehead atoms. The molecule has 0 radical (unpaired) electrons. The second kappa shape index (κ2) is 22.3. The molecular formula is C18H37BrO4. The lowest BCUT2D eigenvalue weighted by Crippen LogP contribution is -2.12. The Morgan fingerprint density at radius 3 is 1.35 bits per heavy atom. The topological polar surface area (TPSA) is 36.9 Å². The molecule has 0 amide bonds. The molecule has 0 aliphatic carbocycles. The maximum absolute atomic E-state index is 5.56. The van der Waals surface area contributed by atoms with Gasteiger partial charge in [-0.05, 0) is 6.42 Å². The van der Waals surface area contributed by atoms with Crippen LogP contribution in [0.1, 0.15) is 58.3 Å². The summed E-state index contributed by atoms with van der Waals surface area (Å²) in [6.07, 6.45) is 10.7. The lowest BCUT2D eigenvalue weighted by atomic mass is 10.1. The first-order chi connectivity index (χ1) is 11.4. The molecule has 0 saturated heterocycles. The summed E-state index contributed by atoms with van der Waals surface area (Å²) in [5.74, 6) is 0. The minimum absolute atomic E-state index is 0.621. The summed E-state index contributed by atoms with van der Waals surface area (Å²) in [5.41, 5.74) is 0. The molecule has 0 aromatic carbocycles. The van der Waals surface area contributed by atoms with Gasteiger partial charge in [0.1, 0.15) is 0 Å². The molecular weight excluding hydrogens is 360 g/mol. The maximum Gasteiger partial charge on any atom is 0.0701 e. The van der Waals surface area contributed by atoms with Gasteiger partial charge in [0.25, 0.3) is 0 Å². The monoisotopic (exact) mass is 396 g/mol. The normalized spacial score (nSPS) is 11.2. The first kappa shape index (κ1) is 23.3. The Morgan fingerprint density at radius 1 is 0.478 bits per heavy atom. The van der Waals surface area contributed by atoms with E-state index >= 15 is 0 Å². The fourth-order valence-electron chi connectivity index (χ4n) is 2.15. The zero-order chi connectivity index (χ0) is 16.8. The quantitative estimate of drug-likeness (QED) is 0.222. The molecule has 0 heterocycles. The number of hydrogen-bond donors (Lipinski definition) is 0. The van der Waals surface area contributed by atoms with Crippen molar-refractivity contribution in [2.24, 2.45) is 0 Å². The molecule has 0 unspecified atom stereocenters. The van der Waals surface area contributed by atoms with E-state index < -0.39 is 0 Å². The largest absolute Gasteiger partial charge is 0.379 e. The molecule has 140 valence electrons. The van der Waals surface area contributed by atoms with Gasteiger partial charge in [-0.2, -0.15) is 0 Å². The van der Waals surface area contributed by atoms with Crippen LogP contribution in [0.3, 0.4) is 0 Å². The second-order valence-corrected chi connectivity index (χ2v) is 6.41. The Labute approximate surface area is 151 Å². The van der Waals surface area contributed by atoms with Crippen molar-refractivity contribution < 1.29 is 18.9 Å². The summed E-state index contributed by atoms with van der Waals surface area (Å²) in [6.45, 7) is 7.71. The van der Waals surface area contributed by atoms with Crippen LogP contribution in [0.25, 0.3) is 0 Å². The van der Waals surface area contributed by atoms with Gasteiger partial charge in [-0.3, -0.25) is 0 Å². The summed E-state index contributed by atoms with van der Waals surface area (Å²) in [7, 11) is 0. The van der Waals surface area contributed by atoms with E-state index in [0.29, 0.717) is 39.6 Å². The molecule has 0 aliphatic heterocycles. The van der Waals surface area contributed by atoms with Crippen molar-refractivity contribution in [1.82, 2.24) is 0 Å². The predicted molar refractivity (Wildman–Crippen MR) is 99.7 cm³/mol. The van der Waals surface area contributed by atoms with Gasteiger partial charge < -0.3 is 18.9 Å². The van der Waals surface area contributed by atoms with Crippen LogP contribution in [0.5, 0.6) is 0 Å². The van der Waals surface area contributed by atoms with Gasteiger partial charge in [0.2, 0.25) is 0 Å². The van der Waals surface area contributed by atoms with Gasteiger partial charge in [-0.1, -0.05) is 67.8 Å². The van der Waals surface area contributed by atoms with Crippen molar-refractivity contribution in [3.63, 3.8) is 0 Å². The maximum atomic E-state index is 5.56. The summed E-state index contributed by atoms with van der Waals surface area (Å²) >= 11 is 3.30. The molecule has 0 aromatic rings. The fourth-order valence-corrected chi connectivity index (χ4v) is 2.38. The van der Waals surface area contributed by atoms with Gasteiger partial charge in [0, 0.05) is 11.9 Å². The highest BCUT2D eigenvalue weighted by Crippen LogP contribution is 2.08. The zero-order valence-electron chi connectivity index (χ0n) is 15.0. The Hall–Kier alpha value is 0.320. The van der Waals surface area contributed by atoms with Crippen LogP contribution in [0, 0.1) is 0 Å². The molecule has 4 nitrogen and oxygen atoms in total. The predicted octanol–water partition coefficient (Wildman–Crippen LogP) is 4.59. The van der Waals surface area contributed by atoms with Crippen molar-refractivity contribution in [1.29, 1.82) is 0 Å². The molecule has 5 heteroatoms. The van der Waals surface area contributed by atoms with Crippen LogP contribution in [-0.2, 0) is 18.9 Å². The van der Waals surface area contributed by atoms with E-state index in [1.54, 1.807) is 0 Å². The van der Waals surface area contributed by atoms with E-state index in [2.05, 4.69) is 22.9 Å². The molecule has 0 N–H and O–H groups in total. The number of rotatable bonds is 20. The molecule has 0 spiro atoms. The van der Waals surface area contributed by atoms with Crippen LogP contribution in [-0.4, -0.2) is 58.2 Å². The lowest BCUT2D eigenvalue weighted by molar-refractivity contribution is -0.000538. The van der Waals surface area contributed by atoms with E-state index in [9.17, 15) is 0 Å². The van der Waals surface area contributed by atoms with Crippen LogP contribution in [0.4, 0.5) is 0 Å². The van der Waals surface area contributed by atoms with E-state index in [1.807, 2.05) is 0 Å². The van der Waals surface area contributed by atoms with Crippen molar-refractivity contribution in [2.45, 2.75) is 58.3 Å². The van der Waals surface area contributed by atoms with E-state index in [0.717, 1.165) is 18.5 Å². The average Bonchev–Trinajstić information content (AvgIpc) is 2.57. The highest BCUT2D eigenvalue weighted by molar-refractivity contribution is 9.09. The molecule has 0 fully saturated rings. The Bertz CT molecular complexity index is 185. The Morgan fingerprint density at radius 2 is 0.870 bits per heavy atom. The lowest BCUT2D eigenvalue weighted by Gasteiger charge is -2.07. The highest BCUT2D eigenvalue weighted by Gasteiger charge is 1.94. The van der Waals surface area contributed by atoms with Crippen LogP contribution >= 0.6 is 15.9 Å². The van der Waals surface area contributed by atoms with E-state index in [1.165, 1.54) is 51.4 Å². The van der Waals surface area contributed by atoms with Crippen molar-refractivity contribution >= 4 is 15.9 Å². The van der Waals surface area contributed by atoms with Crippen LogP contribution < -0.4 is 0 Å². The molecule has 0 aliphatic rings. The fraction of sp³-hybridized carbons (Fsp3) is 1.00. The SMILES string of the molecule is CCCCCCCCCCOCCOCCOCCOCCBr. The third-order valence-electron chi connectivity index (χ3n) is 3.48. The Balaban J connectivity index is 2.92. The summed E-state index contributed by atoms with van der Waals surface area (Å²) < 4.78 is 21.7. The molecule has 23 heavy (non-hydrogen) atoms. The number of unbranched alkanes of at least 4 members (excludes halogenated alkanes) is 7. The minimum Gasteiger partial charge on any atom is -0.379 e.